The molecule has 0 aromatic carbocycles. The van der Waals surface area contributed by atoms with E-state index in [9.17, 15) is 9.90 Å². The van der Waals surface area contributed by atoms with Crippen LogP contribution in [-0.2, 0) is 4.79 Å². The third kappa shape index (κ3) is 2.00. The van der Waals surface area contributed by atoms with Gasteiger partial charge in [0, 0.05) is 25.2 Å². The van der Waals surface area contributed by atoms with Gasteiger partial charge in [0.15, 0.2) is 0 Å². The molecule has 20 heavy (non-hydrogen) atoms. The van der Waals surface area contributed by atoms with Gasteiger partial charge in [-0.1, -0.05) is 6.42 Å². The number of carbonyl (C=O) groups is 1. The first-order valence-corrected chi connectivity index (χ1v) is 8.46. The van der Waals surface area contributed by atoms with Gasteiger partial charge in [-0.25, -0.2) is 0 Å². The van der Waals surface area contributed by atoms with Crippen LogP contribution in [-0.4, -0.2) is 58.6 Å². The quantitative estimate of drug-likeness (QED) is 0.794. The first kappa shape index (κ1) is 13.1. The Hall–Kier alpha value is -0.610. The highest BCUT2D eigenvalue weighted by atomic mass is 16.4. The van der Waals surface area contributed by atoms with E-state index in [0.29, 0.717) is 6.04 Å². The van der Waals surface area contributed by atoms with Gasteiger partial charge in [0.05, 0.1) is 0 Å². The van der Waals surface area contributed by atoms with Crippen molar-refractivity contribution in [3.63, 3.8) is 0 Å². The maximum absolute atomic E-state index is 11.6. The number of nitrogens with zero attached hydrogens (tertiary/aromatic N) is 2. The number of hydrogen-bond donors (Lipinski definition) is 1. The molecule has 2 bridgehead atoms. The SMILES string of the molecule is O=C(O)C1CCC[C@@H]2[C@@H]3C[C@@H](CN12)[C@@H]1CCCCN1C3. The summed E-state index contributed by atoms with van der Waals surface area (Å²) in [5.41, 5.74) is 0. The molecule has 4 rings (SSSR count). The van der Waals surface area contributed by atoms with E-state index in [1.165, 1.54) is 45.2 Å². The Morgan fingerprint density at radius 1 is 0.950 bits per heavy atom. The number of piperidine rings is 4. The van der Waals surface area contributed by atoms with Crippen LogP contribution < -0.4 is 0 Å². The Bertz CT molecular complexity index is 400. The monoisotopic (exact) mass is 278 g/mol. The van der Waals surface area contributed by atoms with Gasteiger partial charge >= 0.3 is 5.97 Å². The second kappa shape index (κ2) is 4.99. The molecule has 0 radical (unpaired) electrons. The fourth-order valence-electron chi connectivity index (χ4n) is 5.56. The number of carboxylic acids is 1. The number of carboxylic acid groups (broad SMARTS) is 1. The van der Waals surface area contributed by atoms with Crippen molar-refractivity contribution in [3.8, 4) is 0 Å². The van der Waals surface area contributed by atoms with Crippen LogP contribution in [0.1, 0.15) is 44.9 Å². The summed E-state index contributed by atoms with van der Waals surface area (Å²) < 4.78 is 0. The Balaban J connectivity index is 1.58. The molecule has 0 aliphatic carbocycles. The lowest BCUT2D eigenvalue weighted by Crippen LogP contribution is -2.66. The fraction of sp³-hybridized carbons (Fsp3) is 0.938. The van der Waals surface area contributed by atoms with E-state index >= 15 is 0 Å². The van der Waals surface area contributed by atoms with Crippen molar-refractivity contribution in [3.05, 3.63) is 0 Å². The van der Waals surface area contributed by atoms with E-state index in [1.54, 1.807) is 0 Å². The fourth-order valence-corrected chi connectivity index (χ4v) is 5.56. The summed E-state index contributed by atoms with van der Waals surface area (Å²) in [7, 11) is 0. The van der Waals surface area contributed by atoms with Crippen LogP contribution in [0, 0.1) is 11.8 Å². The lowest BCUT2D eigenvalue weighted by atomic mass is 9.70. The first-order chi connectivity index (χ1) is 9.74. The van der Waals surface area contributed by atoms with Crippen LogP contribution in [0.3, 0.4) is 0 Å². The molecule has 4 nitrogen and oxygen atoms in total. The highest BCUT2D eigenvalue weighted by Crippen LogP contribution is 2.44. The van der Waals surface area contributed by atoms with Gasteiger partial charge in [0.1, 0.15) is 6.04 Å². The van der Waals surface area contributed by atoms with Crippen molar-refractivity contribution in [1.29, 1.82) is 0 Å². The molecular weight excluding hydrogens is 252 g/mol. The zero-order valence-electron chi connectivity index (χ0n) is 12.2. The van der Waals surface area contributed by atoms with Crippen LogP contribution in [0.2, 0.25) is 0 Å². The van der Waals surface area contributed by atoms with Gasteiger partial charge in [-0.2, -0.15) is 0 Å². The normalized spacial score (nSPS) is 45.5. The highest BCUT2D eigenvalue weighted by molar-refractivity contribution is 5.73. The molecule has 112 valence electrons. The Kier molecular flexibility index (Phi) is 3.26. The lowest BCUT2D eigenvalue weighted by molar-refractivity contribution is -0.153. The minimum atomic E-state index is -0.588. The average Bonchev–Trinajstić information content (AvgIpc) is 2.47. The molecular formula is C16H26N2O2. The average molecular weight is 278 g/mol. The third-order valence-electron chi connectivity index (χ3n) is 6.36. The second-order valence-corrected chi connectivity index (χ2v) is 7.36. The Morgan fingerprint density at radius 3 is 2.60 bits per heavy atom. The molecule has 4 heterocycles. The minimum absolute atomic E-state index is 0.200. The van der Waals surface area contributed by atoms with E-state index < -0.39 is 5.97 Å². The topological polar surface area (TPSA) is 43.8 Å². The molecule has 4 aliphatic heterocycles. The predicted molar refractivity (Wildman–Crippen MR) is 76.6 cm³/mol. The molecule has 1 unspecified atom stereocenters. The number of fused-ring (bicyclic) bond motifs is 6. The number of hydrogen-bond acceptors (Lipinski definition) is 3. The van der Waals surface area contributed by atoms with Crippen molar-refractivity contribution >= 4 is 5.97 Å². The summed E-state index contributed by atoms with van der Waals surface area (Å²) in [6.07, 6.45) is 8.61. The maximum Gasteiger partial charge on any atom is 0.320 e. The summed E-state index contributed by atoms with van der Waals surface area (Å²) in [5.74, 6) is 0.866. The standard InChI is InChI=1S/C16H26N2O2/c19-16(20)15-6-3-5-14-11-8-12(10-18(14)15)13-4-1-2-7-17(13)9-11/h11-15H,1-10H2,(H,19,20)/t11-,12+,13+,14-,15?/m1/s1. The Labute approximate surface area is 121 Å². The zero-order valence-corrected chi connectivity index (χ0v) is 12.2. The van der Waals surface area contributed by atoms with Crippen molar-refractivity contribution in [2.45, 2.75) is 63.1 Å². The summed E-state index contributed by atoms with van der Waals surface area (Å²) in [4.78, 5) is 16.7. The predicted octanol–water partition coefficient (Wildman–Crippen LogP) is 1.80. The van der Waals surface area contributed by atoms with Crippen LogP contribution >= 0.6 is 0 Å². The van der Waals surface area contributed by atoms with Crippen LogP contribution in [0.5, 0.6) is 0 Å². The molecule has 4 heteroatoms. The van der Waals surface area contributed by atoms with Crippen molar-refractivity contribution in [2.75, 3.05) is 19.6 Å². The third-order valence-corrected chi connectivity index (χ3v) is 6.36. The summed E-state index contributed by atoms with van der Waals surface area (Å²) in [6.45, 7) is 3.56. The van der Waals surface area contributed by atoms with Crippen molar-refractivity contribution < 1.29 is 9.90 Å². The van der Waals surface area contributed by atoms with Crippen molar-refractivity contribution in [2.24, 2.45) is 11.8 Å². The molecule has 4 saturated heterocycles. The smallest absolute Gasteiger partial charge is 0.320 e. The molecule has 0 saturated carbocycles. The van der Waals surface area contributed by atoms with Crippen LogP contribution in [0.25, 0.3) is 0 Å². The van der Waals surface area contributed by atoms with Gasteiger partial charge in [-0.3, -0.25) is 14.6 Å². The molecule has 0 aromatic heterocycles. The van der Waals surface area contributed by atoms with E-state index in [2.05, 4.69) is 9.80 Å². The van der Waals surface area contributed by atoms with Gasteiger partial charge < -0.3 is 5.11 Å². The molecule has 0 amide bonds. The van der Waals surface area contributed by atoms with E-state index in [0.717, 1.165) is 37.3 Å². The van der Waals surface area contributed by atoms with Gasteiger partial charge in [-0.05, 0) is 56.9 Å². The lowest BCUT2D eigenvalue weighted by Gasteiger charge is -2.58. The molecule has 4 aliphatic rings. The molecule has 4 fully saturated rings. The number of aliphatic carboxylic acids is 1. The zero-order chi connectivity index (χ0) is 13.7. The molecule has 1 N–H and O–H groups in total. The van der Waals surface area contributed by atoms with E-state index in [4.69, 9.17) is 0 Å². The largest absolute Gasteiger partial charge is 0.480 e. The van der Waals surface area contributed by atoms with E-state index in [-0.39, 0.29) is 6.04 Å². The van der Waals surface area contributed by atoms with Crippen molar-refractivity contribution in [1.82, 2.24) is 9.80 Å². The second-order valence-electron chi connectivity index (χ2n) is 7.36. The molecule has 0 aromatic rings. The summed E-state index contributed by atoms with van der Waals surface area (Å²) in [6, 6.07) is 1.09. The molecule has 5 atom stereocenters. The molecule has 0 spiro atoms. The van der Waals surface area contributed by atoms with E-state index in [1.807, 2.05) is 0 Å². The van der Waals surface area contributed by atoms with Gasteiger partial charge in [0.25, 0.3) is 0 Å². The van der Waals surface area contributed by atoms with Gasteiger partial charge in [-0.15, -0.1) is 0 Å². The maximum atomic E-state index is 11.6. The highest BCUT2D eigenvalue weighted by Gasteiger charge is 2.49. The summed E-state index contributed by atoms with van der Waals surface area (Å²) in [5, 5.41) is 9.52. The van der Waals surface area contributed by atoms with Gasteiger partial charge in [0.2, 0.25) is 0 Å². The summed E-state index contributed by atoms with van der Waals surface area (Å²) >= 11 is 0. The Morgan fingerprint density at radius 2 is 1.75 bits per heavy atom. The van der Waals surface area contributed by atoms with Crippen LogP contribution in [0.15, 0.2) is 0 Å². The minimum Gasteiger partial charge on any atom is -0.480 e. The first-order valence-electron chi connectivity index (χ1n) is 8.46. The van der Waals surface area contributed by atoms with Crippen LogP contribution in [0.4, 0.5) is 0 Å². The number of rotatable bonds is 1.